The Morgan fingerprint density at radius 2 is 2.18 bits per heavy atom. The second kappa shape index (κ2) is 7.12. The second-order valence-corrected chi connectivity index (χ2v) is 5.38. The molecule has 1 aromatic carbocycles. The number of benzene rings is 1. The minimum atomic E-state index is -0.732. The molecule has 2 N–H and O–H groups in total. The van der Waals surface area contributed by atoms with E-state index < -0.39 is 11.4 Å². The molecule has 1 aliphatic rings. The zero-order valence-electron chi connectivity index (χ0n) is 12.6. The van der Waals surface area contributed by atoms with E-state index in [1.165, 1.54) is 18.2 Å². The molecule has 0 heterocycles. The fourth-order valence-electron chi connectivity index (χ4n) is 2.65. The highest BCUT2D eigenvalue weighted by atomic mass is 19.1. The van der Waals surface area contributed by atoms with Crippen LogP contribution in [0.25, 0.3) is 0 Å². The zero-order valence-corrected chi connectivity index (χ0v) is 12.6. The van der Waals surface area contributed by atoms with Crippen molar-refractivity contribution in [3.05, 3.63) is 24.0 Å². The molecule has 5 nitrogen and oxygen atoms in total. The van der Waals surface area contributed by atoms with E-state index in [4.69, 9.17) is 4.74 Å². The number of carbonyl (C=O) groups is 1. The number of anilines is 1. The van der Waals surface area contributed by atoms with Gasteiger partial charge in [0.15, 0.2) is 0 Å². The van der Waals surface area contributed by atoms with Crippen molar-refractivity contribution >= 4 is 11.6 Å². The Kier molecular flexibility index (Phi) is 5.21. The Morgan fingerprint density at radius 1 is 1.45 bits per heavy atom. The molecule has 1 amide bonds. The average Bonchev–Trinajstić information content (AvgIpc) is 2.96. The van der Waals surface area contributed by atoms with Crippen LogP contribution in [-0.2, 0) is 4.79 Å². The highest BCUT2D eigenvalue weighted by Crippen LogP contribution is 2.29. The first-order valence-electron chi connectivity index (χ1n) is 7.47. The first kappa shape index (κ1) is 16.1. The van der Waals surface area contributed by atoms with E-state index in [0.29, 0.717) is 30.9 Å². The number of ether oxygens (including phenoxy) is 1. The van der Waals surface area contributed by atoms with Crippen LogP contribution in [0.2, 0.25) is 0 Å². The molecule has 0 aliphatic heterocycles. The van der Waals surface area contributed by atoms with Crippen molar-refractivity contribution in [2.45, 2.75) is 38.1 Å². The molecule has 118 valence electrons. The monoisotopic (exact) mass is 305 g/mol. The van der Waals surface area contributed by atoms with Crippen LogP contribution < -0.4 is 15.4 Å². The van der Waals surface area contributed by atoms with Crippen molar-refractivity contribution in [1.29, 1.82) is 5.26 Å². The van der Waals surface area contributed by atoms with Crippen LogP contribution in [0, 0.1) is 17.1 Å². The van der Waals surface area contributed by atoms with Gasteiger partial charge in [-0.05, 0) is 44.7 Å². The van der Waals surface area contributed by atoms with Gasteiger partial charge in [-0.2, -0.15) is 5.26 Å². The van der Waals surface area contributed by atoms with Gasteiger partial charge < -0.3 is 15.4 Å². The van der Waals surface area contributed by atoms with E-state index in [1.807, 2.05) is 0 Å². The minimum absolute atomic E-state index is 0.00906. The fourth-order valence-corrected chi connectivity index (χ4v) is 2.65. The molecular weight excluding hydrogens is 285 g/mol. The summed E-state index contributed by atoms with van der Waals surface area (Å²) in [4.78, 5) is 12.0. The van der Waals surface area contributed by atoms with Gasteiger partial charge in [-0.25, -0.2) is 4.39 Å². The van der Waals surface area contributed by atoms with Crippen molar-refractivity contribution < 1.29 is 13.9 Å². The summed E-state index contributed by atoms with van der Waals surface area (Å²) in [5, 5.41) is 15.0. The molecular formula is C16H20FN3O2. The summed E-state index contributed by atoms with van der Waals surface area (Å²) in [6.45, 7) is 2.22. The number of hydrogen-bond acceptors (Lipinski definition) is 4. The van der Waals surface area contributed by atoms with Crippen LogP contribution >= 0.6 is 0 Å². The number of carbonyl (C=O) groups excluding carboxylic acids is 1. The molecule has 0 saturated heterocycles. The third kappa shape index (κ3) is 3.88. The lowest BCUT2D eigenvalue weighted by molar-refractivity contribution is -0.120. The molecule has 2 rings (SSSR count). The van der Waals surface area contributed by atoms with E-state index in [-0.39, 0.29) is 12.5 Å². The summed E-state index contributed by atoms with van der Waals surface area (Å²) >= 11 is 0. The molecule has 0 radical (unpaired) electrons. The lowest BCUT2D eigenvalue weighted by Gasteiger charge is -2.22. The number of amides is 1. The zero-order chi connectivity index (χ0) is 16.0. The molecule has 1 fully saturated rings. The van der Waals surface area contributed by atoms with E-state index in [0.717, 1.165) is 12.8 Å². The van der Waals surface area contributed by atoms with Crippen molar-refractivity contribution in [2.75, 3.05) is 18.5 Å². The highest BCUT2D eigenvalue weighted by molar-refractivity contribution is 5.82. The topological polar surface area (TPSA) is 74.2 Å². The fraction of sp³-hybridized carbons (Fsp3) is 0.500. The third-order valence-electron chi connectivity index (χ3n) is 3.73. The number of hydrogen-bond donors (Lipinski definition) is 2. The van der Waals surface area contributed by atoms with Gasteiger partial charge in [-0.3, -0.25) is 4.79 Å². The summed E-state index contributed by atoms with van der Waals surface area (Å²) in [7, 11) is 0. The number of halogens is 1. The highest BCUT2D eigenvalue weighted by Gasteiger charge is 2.35. The molecule has 0 spiro atoms. The predicted octanol–water partition coefficient (Wildman–Crippen LogP) is 2.59. The predicted molar refractivity (Wildman–Crippen MR) is 81.0 cm³/mol. The molecule has 22 heavy (non-hydrogen) atoms. The molecule has 6 heteroatoms. The van der Waals surface area contributed by atoms with Gasteiger partial charge >= 0.3 is 0 Å². The Bertz CT molecular complexity index is 577. The van der Waals surface area contributed by atoms with Crippen molar-refractivity contribution in [3.63, 3.8) is 0 Å². The smallest absolute Gasteiger partial charge is 0.240 e. The quantitative estimate of drug-likeness (QED) is 0.847. The molecule has 0 aromatic heterocycles. The molecule has 0 atom stereocenters. The van der Waals surface area contributed by atoms with Gasteiger partial charge in [0.25, 0.3) is 0 Å². The van der Waals surface area contributed by atoms with Gasteiger partial charge in [-0.1, -0.05) is 0 Å². The van der Waals surface area contributed by atoms with Crippen molar-refractivity contribution in [1.82, 2.24) is 5.32 Å². The third-order valence-corrected chi connectivity index (χ3v) is 3.73. The first-order chi connectivity index (χ1) is 10.6. The SMILES string of the molecule is CCOc1cc(F)ccc1NCC(=O)NC1(C#N)CCCC1. The molecule has 1 saturated carbocycles. The van der Waals surface area contributed by atoms with E-state index in [1.54, 1.807) is 6.92 Å². The Balaban J connectivity index is 1.95. The number of nitrogens with zero attached hydrogens (tertiary/aromatic N) is 1. The van der Waals surface area contributed by atoms with Gasteiger partial charge in [-0.15, -0.1) is 0 Å². The van der Waals surface area contributed by atoms with Crippen LogP contribution in [0.1, 0.15) is 32.6 Å². The van der Waals surface area contributed by atoms with Crippen molar-refractivity contribution in [3.8, 4) is 11.8 Å². The maximum atomic E-state index is 13.2. The normalized spacial score (nSPS) is 15.9. The van der Waals surface area contributed by atoms with Gasteiger partial charge in [0, 0.05) is 6.07 Å². The van der Waals surface area contributed by atoms with Crippen LogP contribution in [0.5, 0.6) is 5.75 Å². The summed E-state index contributed by atoms with van der Waals surface area (Å²) in [6, 6.07) is 6.32. The second-order valence-electron chi connectivity index (χ2n) is 5.38. The number of nitriles is 1. The maximum Gasteiger partial charge on any atom is 0.240 e. The van der Waals surface area contributed by atoms with E-state index >= 15 is 0 Å². The van der Waals surface area contributed by atoms with Crippen LogP contribution in [0.3, 0.4) is 0 Å². The van der Waals surface area contributed by atoms with Crippen LogP contribution in [0.15, 0.2) is 18.2 Å². The van der Waals surface area contributed by atoms with Gasteiger partial charge in [0.05, 0.1) is 24.9 Å². The summed E-state index contributed by atoms with van der Waals surface area (Å²) in [5.41, 5.74) is -0.180. The van der Waals surface area contributed by atoms with Crippen LogP contribution in [0.4, 0.5) is 10.1 Å². The van der Waals surface area contributed by atoms with E-state index in [9.17, 15) is 14.4 Å². The first-order valence-corrected chi connectivity index (χ1v) is 7.47. The summed E-state index contributed by atoms with van der Waals surface area (Å²) < 4.78 is 18.6. The lowest BCUT2D eigenvalue weighted by Crippen LogP contribution is -2.47. The minimum Gasteiger partial charge on any atom is -0.492 e. The van der Waals surface area contributed by atoms with E-state index in [2.05, 4.69) is 16.7 Å². The number of rotatable bonds is 6. The number of nitrogens with one attached hydrogen (secondary N) is 2. The Morgan fingerprint density at radius 3 is 2.82 bits per heavy atom. The Labute approximate surface area is 129 Å². The van der Waals surface area contributed by atoms with Crippen molar-refractivity contribution in [2.24, 2.45) is 0 Å². The maximum absolute atomic E-state index is 13.2. The van der Waals surface area contributed by atoms with Gasteiger partial charge in [0.2, 0.25) is 5.91 Å². The summed E-state index contributed by atoms with van der Waals surface area (Å²) in [5.74, 6) is -0.283. The molecule has 0 bridgehead atoms. The Hall–Kier alpha value is -2.29. The summed E-state index contributed by atoms with van der Waals surface area (Å²) in [6.07, 6.45) is 3.29. The molecule has 0 unspecified atom stereocenters. The lowest BCUT2D eigenvalue weighted by atomic mass is 10.00. The largest absolute Gasteiger partial charge is 0.492 e. The standard InChI is InChI=1S/C16H20FN3O2/c1-2-22-14-9-12(17)5-6-13(14)19-10-15(21)20-16(11-18)7-3-4-8-16/h5-6,9,19H,2-4,7-8,10H2,1H3,(H,20,21). The molecule has 1 aliphatic carbocycles. The molecule has 1 aromatic rings. The average molecular weight is 305 g/mol. The van der Waals surface area contributed by atoms with Crippen LogP contribution in [-0.4, -0.2) is 24.6 Å². The van der Waals surface area contributed by atoms with Gasteiger partial charge in [0.1, 0.15) is 17.1 Å².